The van der Waals surface area contributed by atoms with Crippen LogP contribution in [-0.2, 0) is 0 Å². The molecule has 0 spiro atoms. The molecule has 2 aliphatic heterocycles. The van der Waals surface area contributed by atoms with Crippen molar-refractivity contribution >= 4 is 40.0 Å². The molecule has 2 aromatic heterocycles. The van der Waals surface area contributed by atoms with Gasteiger partial charge >= 0.3 is 0 Å². The maximum absolute atomic E-state index is 15.0. The molecule has 2 bridgehead atoms. The van der Waals surface area contributed by atoms with Crippen LogP contribution in [0.25, 0.3) is 11.0 Å². The Kier molecular flexibility index (Phi) is 5.18. The smallest absolute Gasteiger partial charge is 0.169 e. The van der Waals surface area contributed by atoms with Gasteiger partial charge in [-0.1, -0.05) is 11.6 Å². The van der Waals surface area contributed by atoms with E-state index >= 15 is 4.39 Å². The average molecular weight is 491 g/mol. The third kappa shape index (κ3) is 3.69. The highest BCUT2D eigenvalue weighted by Gasteiger charge is 2.40. The first kappa shape index (κ1) is 21.7. The minimum absolute atomic E-state index is 0.0352. The van der Waals surface area contributed by atoms with Crippen LogP contribution in [0.15, 0.2) is 24.5 Å². The summed E-state index contributed by atoms with van der Waals surface area (Å²) < 4.78 is 49.6. The maximum Gasteiger partial charge on any atom is 0.169 e. The van der Waals surface area contributed by atoms with E-state index in [-0.39, 0.29) is 40.7 Å². The Morgan fingerprint density at radius 3 is 2.82 bits per heavy atom. The molecule has 2 atom stereocenters. The topological polar surface area (TPSA) is 75.2 Å². The van der Waals surface area contributed by atoms with Crippen LogP contribution < -0.4 is 20.3 Å². The molecule has 2 saturated heterocycles. The number of aromatic nitrogens is 3. The Hall–Kier alpha value is -2.85. The van der Waals surface area contributed by atoms with Gasteiger partial charge in [-0.15, -0.1) is 0 Å². The number of alkyl halides is 1. The Labute approximate surface area is 198 Å². The van der Waals surface area contributed by atoms with E-state index in [0.717, 1.165) is 19.4 Å². The van der Waals surface area contributed by atoms with Gasteiger partial charge in [-0.05, 0) is 37.8 Å². The van der Waals surface area contributed by atoms with Gasteiger partial charge in [0.15, 0.2) is 23.3 Å². The zero-order chi connectivity index (χ0) is 23.4. The fraction of sp³-hybridized carbons (Fsp3) is 0.435. The molecule has 7 nitrogen and oxygen atoms in total. The molecule has 2 N–H and O–H groups in total. The number of halogens is 4. The van der Waals surface area contributed by atoms with Crippen LogP contribution in [0.4, 0.5) is 30.5 Å². The second kappa shape index (κ2) is 8.13. The van der Waals surface area contributed by atoms with Crippen LogP contribution >= 0.6 is 11.6 Å². The van der Waals surface area contributed by atoms with Crippen molar-refractivity contribution in [1.29, 1.82) is 0 Å². The van der Waals surface area contributed by atoms with E-state index in [1.807, 2.05) is 4.90 Å². The van der Waals surface area contributed by atoms with E-state index in [9.17, 15) is 8.78 Å². The van der Waals surface area contributed by atoms with Crippen molar-refractivity contribution in [3.63, 3.8) is 0 Å². The molecule has 3 aromatic rings. The van der Waals surface area contributed by atoms with E-state index < -0.39 is 17.3 Å². The molecule has 4 heterocycles. The summed E-state index contributed by atoms with van der Waals surface area (Å²) in [6.45, 7) is 1.28. The molecule has 0 radical (unpaired) electrons. The normalized spacial score (nSPS) is 22.8. The van der Waals surface area contributed by atoms with Gasteiger partial charge in [-0.25, -0.2) is 28.1 Å². The lowest BCUT2D eigenvalue weighted by Crippen LogP contribution is -2.44. The van der Waals surface area contributed by atoms with Gasteiger partial charge in [0.1, 0.15) is 34.9 Å². The van der Waals surface area contributed by atoms with E-state index in [1.165, 1.54) is 24.5 Å². The van der Waals surface area contributed by atoms with E-state index in [0.29, 0.717) is 36.5 Å². The number of rotatable bonds is 6. The van der Waals surface area contributed by atoms with E-state index in [2.05, 4.69) is 25.6 Å². The number of nitrogens with zero attached hydrogens (tertiary/aromatic N) is 4. The monoisotopic (exact) mass is 490 g/mol. The number of nitrogens with one attached hydrogen (secondary N) is 2. The average Bonchev–Trinajstić information content (AvgIpc) is 3.44. The van der Waals surface area contributed by atoms with Crippen molar-refractivity contribution < 1.29 is 17.9 Å². The number of hydrogen-bond acceptors (Lipinski definition) is 7. The zero-order valence-corrected chi connectivity index (χ0v) is 18.9. The lowest BCUT2D eigenvalue weighted by molar-refractivity contribution is 0.0124. The molecule has 3 aliphatic rings. The Bertz CT molecular complexity index is 1270. The Morgan fingerprint density at radius 1 is 1.26 bits per heavy atom. The number of hydrogen-bond donors (Lipinski definition) is 2. The first-order valence-corrected chi connectivity index (χ1v) is 11.7. The minimum Gasteiger partial charge on any atom is -0.489 e. The largest absolute Gasteiger partial charge is 0.489 e. The second-order valence-electron chi connectivity index (χ2n) is 9.19. The molecule has 0 amide bonds. The van der Waals surface area contributed by atoms with Gasteiger partial charge in [0.2, 0.25) is 0 Å². The van der Waals surface area contributed by atoms with Gasteiger partial charge in [0, 0.05) is 31.2 Å². The van der Waals surface area contributed by atoms with Crippen molar-refractivity contribution in [1.82, 2.24) is 20.3 Å². The number of piperazine rings is 1. The number of anilines is 3. The molecule has 3 fully saturated rings. The van der Waals surface area contributed by atoms with Gasteiger partial charge in [-0.3, -0.25) is 0 Å². The number of benzene rings is 1. The quantitative estimate of drug-likeness (QED) is 0.526. The SMILES string of the molecule is Fc1cc2ncnc(Nc3ccc(OCC4(F)CCC4)c(Cl)c3F)c2nc1N1C[C@@H]2C[C@H]1CN2. The standard InChI is InChI=1S/C23H22ClF3N6O/c24-18-17(34-10-23(27)4-1-5-23)3-2-15(19(18)26)31-21-20-16(29-11-30-21)7-14(25)22(32-20)33-9-12-6-13(33)8-28-12/h2-3,7,11-13,28H,1,4-6,8-10H2,(H,29,30,31)/t12-,13-/m0/s1. The van der Waals surface area contributed by atoms with Crippen molar-refractivity contribution in [2.45, 2.75) is 43.4 Å². The van der Waals surface area contributed by atoms with Crippen LogP contribution in [0, 0.1) is 11.6 Å². The molecule has 0 unspecified atom stereocenters. The number of pyridine rings is 1. The van der Waals surface area contributed by atoms with E-state index in [1.54, 1.807) is 0 Å². The molecule has 1 aliphatic carbocycles. The lowest BCUT2D eigenvalue weighted by atomic mass is 9.83. The van der Waals surface area contributed by atoms with Crippen LogP contribution in [0.2, 0.25) is 5.02 Å². The minimum atomic E-state index is -1.37. The third-order valence-electron chi connectivity index (χ3n) is 6.91. The van der Waals surface area contributed by atoms with Crippen molar-refractivity contribution in [3.8, 4) is 5.75 Å². The van der Waals surface area contributed by atoms with Crippen molar-refractivity contribution in [2.75, 3.05) is 29.9 Å². The molecular formula is C23H22ClF3N6O. The summed E-state index contributed by atoms with van der Waals surface area (Å²) in [5.74, 6) is -0.705. The van der Waals surface area contributed by atoms with Gasteiger partial charge < -0.3 is 20.3 Å². The highest BCUT2D eigenvalue weighted by atomic mass is 35.5. The highest BCUT2D eigenvalue weighted by Crippen LogP contribution is 2.39. The second-order valence-corrected chi connectivity index (χ2v) is 9.57. The van der Waals surface area contributed by atoms with Crippen LogP contribution in [-0.4, -0.2) is 52.4 Å². The molecule has 11 heteroatoms. The summed E-state index contributed by atoms with van der Waals surface area (Å²) in [7, 11) is 0. The first-order valence-electron chi connectivity index (χ1n) is 11.3. The van der Waals surface area contributed by atoms with E-state index in [4.69, 9.17) is 16.3 Å². The number of fused-ring (bicyclic) bond motifs is 3. The van der Waals surface area contributed by atoms with Crippen molar-refractivity contribution in [2.24, 2.45) is 0 Å². The van der Waals surface area contributed by atoms with Crippen LogP contribution in [0.1, 0.15) is 25.7 Å². The Balaban J connectivity index is 1.29. The van der Waals surface area contributed by atoms with Gasteiger partial charge in [0.25, 0.3) is 0 Å². The van der Waals surface area contributed by atoms with Crippen LogP contribution in [0.3, 0.4) is 0 Å². The van der Waals surface area contributed by atoms with Gasteiger partial charge in [-0.2, -0.15) is 0 Å². The predicted molar refractivity (Wildman–Crippen MR) is 123 cm³/mol. The molecule has 34 heavy (non-hydrogen) atoms. The van der Waals surface area contributed by atoms with Gasteiger partial charge in [0.05, 0.1) is 11.2 Å². The first-order chi connectivity index (χ1) is 16.4. The summed E-state index contributed by atoms with van der Waals surface area (Å²) in [6, 6.07) is 4.73. The Morgan fingerprint density at radius 2 is 2.12 bits per heavy atom. The summed E-state index contributed by atoms with van der Waals surface area (Å²) in [5, 5.41) is 6.02. The maximum atomic E-state index is 15.0. The molecular weight excluding hydrogens is 469 g/mol. The molecule has 1 aromatic carbocycles. The predicted octanol–water partition coefficient (Wildman–Crippen LogP) is 4.52. The number of ether oxygens (including phenoxy) is 1. The third-order valence-corrected chi connectivity index (χ3v) is 7.26. The summed E-state index contributed by atoms with van der Waals surface area (Å²) in [4.78, 5) is 14.8. The van der Waals surface area contributed by atoms with Crippen LogP contribution in [0.5, 0.6) is 5.75 Å². The summed E-state index contributed by atoms with van der Waals surface area (Å²) in [6.07, 6.45) is 3.87. The molecule has 178 valence electrons. The van der Waals surface area contributed by atoms with Crippen molar-refractivity contribution in [3.05, 3.63) is 41.2 Å². The zero-order valence-electron chi connectivity index (χ0n) is 18.1. The fourth-order valence-corrected chi connectivity index (χ4v) is 5.06. The molecule has 6 rings (SSSR count). The fourth-order valence-electron chi connectivity index (χ4n) is 4.84. The summed E-state index contributed by atoms with van der Waals surface area (Å²) in [5.41, 5.74) is -0.732. The molecule has 1 saturated carbocycles. The lowest BCUT2D eigenvalue weighted by Gasteiger charge is -2.33. The highest BCUT2D eigenvalue weighted by molar-refractivity contribution is 6.32. The summed E-state index contributed by atoms with van der Waals surface area (Å²) >= 11 is 6.17.